The SMILES string of the molecule is Cc1cccc2[nH]cc(-c3ccccc3N(C)C)c12. The minimum Gasteiger partial charge on any atom is -0.377 e. The van der Waals surface area contributed by atoms with Crippen molar-refractivity contribution in [3.8, 4) is 11.1 Å². The van der Waals surface area contributed by atoms with Gasteiger partial charge in [0.05, 0.1) is 0 Å². The van der Waals surface area contributed by atoms with Crippen LogP contribution in [0.1, 0.15) is 5.56 Å². The number of para-hydroxylation sites is 1. The van der Waals surface area contributed by atoms with E-state index in [9.17, 15) is 0 Å². The van der Waals surface area contributed by atoms with Crippen LogP contribution >= 0.6 is 0 Å². The molecule has 0 aliphatic rings. The molecule has 3 aromatic rings. The quantitative estimate of drug-likeness (QED) is 0.722. The first-order chi connectivity index (χ1) is 9.18. The van der Waals surface area contributed by atoms with Gasteiger partial charge in [0.25, 0.3) is 0 Å². The van der Waals surface area contributed by atoms with E-state index in [2.05, 4.69) is 79.6 Å². The molecule has 0 saturated heterocycles. The van der Waals surface area contributed by atoms with Crippen molar-refractivity contribution < 1.29 is 0 Å². The lowest BCUT2D eigenvalue weighted by Gasteiger charge is -2.17. The second-order valence-corrected chi connectivity index (χ2v) is 5.11. The smallest absolute Gasteiger partial charge is 0.0463 e. The predicted octanol–water partition coefficient (Wildman–Crippen LogP) is 4.21. The predicted molar refractivity (Wildman–Crippen MR) is 82.8 cm³/mol. The van der Waals surface area contributed by atoms with Gasteiger partial charge in [-0.1, -0.05) is 30.3 Å². The molecule has 0 unspecified atom stereocenters. The van der Waals surface area contributed by atoms with Crippen molar-refractivity contribution in [2.45, 2.75) is 6.92 Å². The zero-order valence-corrected chi connectivity index (χ0v) is 11.6. The van der Waals surface area contributed by atoms with E-state index in [0.717, 1.165) is 0 Å². The first-order valence-corrected chi connectivity index (χ1v) is 6.52. The van der Waals surface area contributed by atoms with Crippen LogP contribution in [-0.2, 0) is 0 Å². The molecule has 0 bridgehead atoms. The molecule has 0 amide bonds. The van der Waals surface area contributed by atoms with Gasteiger partial charge in [-0.3, -0.25) is 0 Å². The van der Waals surface area contributed by atoms with Crippen molar-refractivity contribution in [1.29, 1.82) is 0 Å². The number of benzene rings is 2. The van der Waals surface area contributed by atoms with Crippen molar-refractivity contribution in [3.05, 3.63) is 54.2 Å². The third-order valence-electron chi connectivity index (χ3n) is 3.59. The summed E-state index contributed by atoms with van der Waals surface area (Å²) in [7, 11) is 4.17. The van der Waals surface area contributed by atoms with Crippen LogP contribution in [0.15, 0.2) is 48.7 Å². The van der Waals surface area contributed by atoms with Crippen LogP contribution in [0.25, 0.3) is 22.0 Å². The van der Waals surface area contributed by atoms with E-state index < -0.39 is 0 Å². The molecule has 0 atom stereocenters. The number of nitrogens with zero attached hydrogens (tertiary/aromatic N) is 1. The van der Waals surface area contributed by atoms with Gasteiger partial charge in [-0.05, 0) is 24.6 Å². The second-order valence-electron chi connectivity index (χ2n) is 5.11. The molecule has 1 aromatic heterocycles. The highest BCUT2D eigenvalue weighted by molar-refractivity contribution is 6.00. The van der Waals surface area contributed by atoms with E-state index in [1.165, 1.54) is 33.3 Å². The Bertz CT molecular complexity index is 723. The molecule has 19 heavy (non-hydrogen) atoms. The molecule has 0 spiro atoms. The Morgan fingerprint density at radius 2 is 1.68 bits per heavy atom. The highest BCUT2D eigenvalue weighted by atomic mass is 15.1. The summed E-state index contributed by atoms with van der Waals surface area (Å²) in [6.07, 6.45) is 2.11. The molecule has 2 heteroatoms. The maximum Gasteiger partial charge on any atom is 0.0463 e. The first-order valence-electron chi connectivity index (χ1n) is 6.52. The van der Waals surface area contributed by atoms with Gasteiger partial charge in [-0.2, -0.15) is 0 Å². The molecule has 2 nitrogen and oxygen atoms in total. The molecule has 1 N–H and O–H groups in total. The summed E-state index contributed by atoms with van der Waals surface area (Å²) in [5, 5.41) is 1.32. The van der Waals surface area contributed by atoms with Gasteiger partial charge in [-0.25, -0.2) is 0 Å². The number of H-pyrrole nitrogens is 1. The number of aryl methyl sites for hydroxylation is 1. The maximum atomic E-state index is 3.38. The van der Waals surface area contributed by atoms with Crippen molar-refractivity contribution >= 4 is 16.6 Å². The minimum absolute atomic E-state index is 1.20. The van der Waals surface area contributed by atoms with E-state index in [-0.39, 0.29) is 0 Å². The molecule has 96 valence electrons. The van der Waals surface area contributed by atoms with Crippen LogP contribution in [0, 0.1) is 6.92 Å². The highest BCUT2D eigenvalue weighted by Crippen LogP contribution is 2.36. The second kappa shape index (κ2) is 4.47. The average Bonchev–Trinajstić information content (AvgIpc) is 2.84. The standard InChI is InChI=1S/C17H18N2/c1-12-7-6-9-15-17(12)14(11-18-15)13-8-4-5-10-16(13)19(2)3/h4-11,18H,1-3H3. The molecule has 0 radical (unpaired) electrons. The minimum atomic E-state index is 1.20. The van der Waals surface area contributed by atoms with Gasteiger partial charge in [0.1, 0.15) is 0 Å². The largest absolute Gasteiger partial charge is 0.377 e. The Hall–Kier alpha value is -2.22. The summed E-state index contributed by atoms with van der Waals surface area (Å²) in [5.41, 5.74) is 6.29. The molecular formula is C17H18N2. The van der Waals surface area contributed by atoms with Crippen LogP contribution in [0.4, 0.5) is 5.69 Å². The molecule has 0 saturated carbocycles. The number of anilines is 1. The van der Waals surface area contributed by atoms with E-state index in [4.69, 9.17) is 0 Å². The van der Waals surface area contributed by atoms with Crippen LogP contribution in [0.3, 0.4) is 0 Å². The summed E-state index contributed by atoms with van der Waals surface area (Å²) in [6, 6.07) is 14.9. The molecule has 0 aliphatic carbocycles. The van der Waals surface area contributed by atoms with Gasteiger partial charge in [0, 0.05) is 48.0 Å². The van der Waals surface area contributed by atoms with Crippen LogP contribution in [-0.4, -0.2) is 19.1 Å². The maximum absolute atomic E-state index is 3.38. The molecule has 0 aliphatic heterocycles. The van der Waals surface area contributed by atoms with Crippen LogP contribution in [0.2, 0.25) is 0 Å². The van der Waals surface area contributed by atoms with E-state index in [1.54, 1.807) is 0 Å². The molecular weight excluding hydrogens is 232 g/mol. The summed E-state index contributed by atoms with van der Waals surface area (Å²) < 4.78 is 0. The Morgan fingerprint density at radius 1 is 0.895 bits per heavy atom. The third kappa shape index (κ3) is 1.89. The molecule has 2 aromatic carbocycles. The molecule has 1 heterocycles. The number of fused-ring (bicyclic) bond motifs is 1. The Kier molecular flexibility index (Phi) is 2.79. The van der Waals surface area contributed by atoms with Gasteiger partial charge in [0.15, 0.2) is 0 Å². The average molecular weight is 250 g/mol. The van der Waals surface area contributed by atoms with Crippen molar-refractivity contribution in [2.24, 2.45) is 0 Å². The summed E-state index contributed by atoms with van der Waals surface area (Å²) in [6.45, 7) is 2.16. The van der Waals surface area contributed by atoms with Crippen molar-refractivity contribution in [3.63, 3.8) is 0 Å². The summed E-state index contributed by atoms with van der Waals surface area (Å²) in [4.78, 5) is 5.53. The van der Waals surface area contributed by atoms with Crippen molar-refractivity contribution in [1.82, 2.24) is 4.98 Å². The highest BCUT2D eigenvalue weighted by Gasteiger charge is 2.12. The number of hydrogen-bond acceptors (Lipinski definition) is 1. The number of aromatic amines is 1. The molecule has 3 rings (SSSR count). The monoisotopic (exact) mass is 250 g/mol. The van der Waals surface area contributed by atoms with E-state index >= 15 is 0 Å². The van der Waals surface area contributed by atoms with Gasteiger partial charge < -0.3 is 9.88 Å². The normalized spacial score (nSPS) is 10.9. The number of rotatable bonds is 2. The van der Waals surface area contributed by atoms with Gasteiger partial charge in [-0.15, -0.1) is 0 Å². The summed E-state index contributed by atoms with van der Waals surface area (Å²) >= 11 is 0. The topological polar surface area (TPSA) is 19.0 Å². The Labute approximate surface area is 113 Å². The Morgan fingerprint density at radius 3 is 2.47 bits per heavy atom. The zero-order valence-electron chi connectivity index (χ0n) is 11.6. The van der Waals surface area contributed by atoms with Crippen LogP contribution < -0.4 is 4.90 Å². The fourth-order valence-electron chi connectivity index (χ4n) is 2.67. The first kappa shape index (κ1) is 11.8. The van der Waals surface area contributed by atoms with Crippen molar-refractivity contribution in [2.75, 3.05) is 19.0 Å². The molecule has 0 fully saturated rings. The fraction of sp³-hybridized carbons (Fsp3) is 0.176. The van der Waals surface area contributed by atoms with Gasteiger partial charge in [0.2, 0.25) is 0 Å². The van der Waals surface area contributed by atoms with Crippen LogP contribution in [0.5, 0.6) is 0 Å². The lowest BCUT2D eigenvalue weighted by molar-refractivity contribution is 1.13. The van der Waals surface area contributed by atoms with E-state index in [1.807, 2.05) is 0 Å². The van der Waals surface area contributed by atoms with Gasteiger partial charge >= 0.3 is 0 Å². The Balaban J connectivity index is 2.31. The third-order valence-corrected chi connectivity index (χ3v) is 3.59. The lowest BCUT2D eigenvalue weighted by atomic mass is 9.99. The number of nitrogens with one attached hydrogen (secondary N) is 1. The number of hydrogen-bond donors (Lipinski definition) is 1. The fourth-order valence-corrected chi connectivity index (χ4v) is 2.67. The number of aromatic nitrogens is 1. The summed E-state index contributed by atoms with van der Waals surface area (Å²) in [5.74, 6) is 0. The van der Waals surface area contributed by atoms with E-state index in [0.29, 0.717) is 0 Å². The lowest BCUT2D eigenvalue weighted by Crippen LogP contribution is -2.09. The zero-order chi connectivity index (χ0) is 13.4.